The Bertz CT molecular complexity index is 681. The monoisotopic (exact) mass is 384 g/mol. The predicted molar refractivity (Wildman–Crippen MR) is 113 cm³/mol. The zero-order chi connectivity index (χ0) is 19.3. The largest absolute Gasteiger partial charge is 0.337 e. The van der Waals surface area contributed by atoms with Crippen LogP contribution >= 0.6 is 0 Å². The van der Waals surface area contributed by atoms with Gasteiger partial charge in [-0.25, -0.2) is 0 Å². The fourth-order valence-electron chi connectivity index (χ4n) is 5.30. The molecule has 1 atom stereocenters. The average molecular weight is 385 g/mol. The van der Waals surface area contributed by atoms with Crippen LogP contribution in [0.25, 0.3) is 0 Å². The molecule has 1 saturated carbocycles. The number of nitrogens with one attached hydrogen (secondary N) is 1. The second-order valence-corrected chi connectivity index (χ2v) is 8.89. The van der Waals surface area contributed by atoms with Crippen LogP contribution in [0.5, 0.6) is 0 Å². The molecule has 4 rings (SSSR count). The van der Waals surface area contributed by atoms with Gasteiger partial charge < -0.3 is 10.2 Å². The molecule has 0 unspecified atom stereocenters. The third-order valence-electron chi connectivity index (χ3n) is 6.82. The van der Waals surface area contributed by atoms with Crippen molar-refractivity contribution in [1.29, 1.82) is 0 Å². The first-order valence-electron chi connectivity index (χ1n) is 11.5. The molecule has 0 bridgehead atoms. The van der Waals surface area contributed by atoms with Crippen LogP contribution in [-0.2, 0) is 19.4 Å². The van der Waals surface area contributed by atoms with Crippen molar-refractivity contribution in [3.8, 4) is 0 Å². The normalized spacial score (nSPS) is 23.9. The van der Waals surface area contributed by atoms with Crippen LogP contribution < -0.4 is 5.32 Å². The van der Waals surface area contributed by atoms with Gasteiger partial charge in [-0.15, -0.1) is 6.58 Å². The Morgan fingerprint density at radius 2 is 1.75 bits per heavy atom. The molecule has 1 aliphatic heterocycles. The van der Waals surface area contributed by atoms with Crippen LogP contribution in [-0.4, -0.2) is 45.8 Å². The lowest BCUT2D eigenvalue weighted by molar-refractivity contribution is 0.0716. The molecule has 1 N–H and O–H groups in total. The smallest absolute Gasteiger partial charge is 0.274 e. The number of nitrogens with zero attached hydrogens (tertiary/aromatic N) is 3. The molecule has 1 saturated heterocycles. The number of amides is 1. The van der Waals surface area contributed by atoms with E-state index in [1.807, 2.05) is 15.7 Å². The van der Waals surface area contributed by atoms with Crippen LogP contribution in [0, 0.1) is 0 Å². The Balaban J connectivity index is 1.52. The summed E-state index contributed by atoms with van der Waals surface area (Å²) in [5, 5.41) is 8.72. The molecule has 2 fully saturated rings. The van der Waals surface area contributed by atoms with Crippen molar-refractivity contribution >= 4 is 5.91 Å². The van der Waals surface area contributed by atoms with Gasteiger partial charge >= 0.3 is 0 Å². The maximum Gasteiger partial charge on any atom is 0.274 e. The number of aromatic nitrogens is 2. The lowest BCUT2D eigenvalue weighted by Gasteiger charge is -2.30. The van der Waals surface area contributed by atoms with Gasteiger partial charge in [-0.2, -0.15) is 5.10 Å². The van der Waals surface area contributed by atoms with E-state index in [0.29, 0.717) is 24.3 Å². The molecular formula is C23H36N4O. The fourth-order valence-corrected chi connectivity index (χ4v) is 5.30. The van der Waals surface area contributed by atoms with Crippen molar-refractivity contribution in [2.75, 3.05) is 13.1 Å². The molecule has 2 heterocycles. The van der Waals surface area contributed by atoms with E-state index in [4.69, 9.17) is 5.10 Å². The second kappa shape index (κ2) is 9.25. The highest BCUT2D eigenvalue weighted by atomic mass is 16.2. The summed E-state index contributed by atoms with van der Waals surface area (Å²) in [6, 6.07) is 1.13. The number of hydrogen-bond donors (Lipinski definition) is 1. The molecule has 1 aromatic rings. The van der Waals surface area contributed by atoms with Gasteiger partial charge in [0.15, 0.2) is 5.69 Å². The molecule has 1 amide bonds. The first kappa shape index (κ1) is 19.7. The fraction of sp³-hybridized carbons (Fsp3) is 0.739. The molecule has 3 aliphatic rings. The first-order valence-corrected chi connectivity index (χ1v) is 11.5. The quantitative estimate of drug-likeness (QED) is 0.619. The number of carbonyl (C=O) groups is 1. The van der Waals surface area contributed by atoms with E-state index in [0.717, 1.165) is 45.2 Å². The third kappa shape index (κ3) is 4.35. The minimum Gasteiger partial charge on any atom is -0.337 e. The van der Waals surface area contributed by atoms with Gasteiger partial charge in [0.05, 0.1) is 6.54 Å². The highest BCUT2D eigenvalue weighted by molar-refractivity contribution is 5.94. The summed E-state index contributed by atoms with van der Waals surface area (Å²) in [6.07, 6.45) is 16.5. The number of carbonyl (C=O) groups excluding carboxylic acids is 1. The van der Waals surface area contributed by atoms with E-state index in [9.17, 15) is 4.79 Å². The SMILES string of the molecule is C=CCn1nc(C(=O)N2CCCCC2)c2c1CC[C@H](NC1CCCCCC1)C2. The minimum absolute atomic E-state index is 0.147. The lowest BCUT2D eigenvalue weighted by Crippen LogP contribution is -2.42. The number of piperidine rings is 1. The molecule has 2 aliphatic carbocycles. The van der Waals surface area contributed by atoms with E-state index in [2.05, 4.69) is 11.9 Å². The Hall–Kier alpha value is -1.62. The van der Waals surface area contributed by atoms with Crippen molar-refractivity contribution in [3.05, 3.63) is 29.6 Å². The van der Waals surface area contributed by atoms with Crippen molar-refractivity contribution < 1.29 is 4.79 Å². The molecule has 154 valence electrons. The Morgan fingerprint density at radius 3 is 2.46 bits per heavy atom. The van der Waals surface area contributed by atoms with Crippen LogP contribution in [0.3, 0.4) is 0 Å². The van der Waals surface area contributed by atoms with Crippen LogP contribution in [0.4, 0.5) is 0 Å². The number of rotatable bonds is 5. The number of hydrogen-bond acceptors (Lipinski definition) is 3. The van der Waals surface area contributed by atoms with Crippen LogP contribution in [0.1, 0.15) is 86.0 Å². The summed E-state index contributed by atoms with van der Waals surface area (Å²) in [5.41, 5.74) is 3.18. The van der Waals surface area contributed by atoms with Gasteiger partial charge in [-0.3, -0.25) is 9.48 Å². The maximum atomic E-state index is 13.2. The second-order valence-electron chi connectivity index (χ2n) is 8.89. The summed E-state index contributed by atoms with van der Waals surface area (Å²) in [4.78, 5) is 15.3. The molecule has 0 spiro atoms. The van der Waals surface area contributed by atoms with Crippen molar-refractivity contribution in [1.82, 2.24) is 20.0 Å². The molecule has 5 nitrogen and oxygen atoms in total. The predicted octanol–water partition coefficient (Wildman–Crippen LogP) is 3.86. The van der Waals surface area contributed by atoms with Crippen LogP contribution in [0.15, 0.2) is 12.7 Å². The number of likely N-dealkylation sites (tertiary alicyclic amines) is 1. The van der Waals surface area contributed by atoms with E-state index in [-0.39, 0.29) is 5.91 Å². The summed E-state index contributed by atoms with van der Waals surface area (Å²) in [6.45, 7) is 6.33. The Kier molecular flexibility index (Phi) is 6.50. The van der Waals surface area contributed by atoms with E-state index in [1.54, 1.807) is 0 Å². The summed E-state index contributed by atoms with van der Waals surface area (Å²) >= 11 is 0. The molecule has 0 aromatic carbocycles. The summed E-state index contributed by atoms with van der Waals surface area (Å²) in [5.74, 6) is 0.147. The lowest BCUT2D eigenvalue weighted by atomic mass is 9.90. The highest BCUT2D eigenvalue weighted by Gasteiger charge is 2.32. The van der Waals surface area contributed by atoms with Crippen molar-refractivity contribution in [2.24, 2.45) is 0 Å². The third-order valence-corrected chi connectivity index (χ3v) is 6.82. The number of fused-ring (bicyclic) bond motifs is 1. The summed E-state index contributed by atoms with van der Waals surface area (Å²) < 4.78 is 2.03. The van der Waals surface area contributed by atoms with Gasteiger partial charge in [0.25, 0.3) is 5.91 Å². The van der Waals surface area contributed by atoms with Gasteiger partial charge in [0.2, 0.25) is 0 Å². The van der Waals surface area contributed by atoms with Gasteiger partial charge in [0, 0.05) is 36.4 Å². The molecule has 1 aromatic heterocycles. The number of allylic oxidation sites excluding steroid dienone is 1. The van der Waals surface area contributed by atoms with Crippen LogP contribution in [0.2, 0.25) is 0 Å². The topological polar surface area (TPSA) is 50.2 Å². The van der Waals surface area contributed by atoms with Gasteiger partial charge in [-0.05, 0) is 51.4 Å². The summed E-state index contributed by atoms with van der Waals surface area (Å²) in [7, 11) is 0. The molecule has 5 heteroatoms. The Morgan fingerprint density at radius 1 is 1.04 bits per heavy atom. The van der Waals surface area contributed by atoms with E-state index >= 15 is 0 Å². The highest BCUT2D eigenvalue weighted by Crippen LogP contribution is 2.28. The van der Waals surface area contributed by atoms with Crippen molar-refractivity contribution in [3.63, 3.8) is 0 Å². The van der Waals surface area contributed by atoms with E-state index < -0.39 is 0 Å². The zero-order valence-electron chi connectivity index (χ0n) is 17.3. The standard InChI is InChI=1S/C23H36N4O/c1-2-14-27-21-13-12-19(24-18-10-6-3-4-7-11-18)17-20(21)22(25-27)23(28)26-15-8-5-9-16-26/h2,18-19,24H,1,3-17H2/t19-/m0/s1. The van der Waals surface area contributed by atoms with Gasteiger partial charge in [0.1, 0.15) is 0 Å². The minimum atomic E-state index is 0.147. The molecule has 28 heavy (non-hydrogen) atoms. The van der Waals surface area contributed by atoms with E-state index in [1.165, 1.54) is 56.2 Å². The molecular weight excluding hydrogens is 348 g/mol. The Labute approximate surface area is 169 Å². The van der Waals surface area contributed by atoms with Crippen molar-refractivity contribution in [2.45, 2.75) is 95.7 Å². The first-order chi connectivity index (χ1) is 13.8. The molecule has 0 radical (unpaired) electrons. The zero-order valence-corrected chi connectivity index (χ0v) is 17.3. The van der Waals surface area contributed by atoms with Gasteiger partial charge in [-0.1, -0.05) is 31.8 Å². The average Bonchev–Trinajstić information content (AvgIpc) is 2.89. The maximum absolute atomic E-state index is 13.2.